The van der Waals surface area contributed by atoms with E-state index < -0.39 is 0 Å². The zero-order valence-electron chi connectivity index (χ0n) is 18.5. The molecule has 0 atom stereocenters. The molecule has 0 aliphatic heterocycles. The van der Waals surface area contributed by atoms with Crippen molar-refractivity contribution in [3.8, 4) is 33.4 Å². The van der Waals surface area contributed by atoms with Gasteiger partial charge in [-0.25, -0.2) is 0 Å². The van der Waals surface area contributed by atoms with Gasteiger partial charge in [0.15, 0.2) is 0 Å². The van der Waals surface area contributed by atoms with Crippen molar-refractivity contribution in [1.82, 2.24) is 0 Å². The second kappa shape index (κ2) is 11.1. The first-order chi connectivity index (χ1) is 15.7. The third-order valence-corrected chi connectivity index (χ3v) is 6.99. The van der Waals surface area contributed by atoms with Crippen molar-refractivity contribution >= 4 is 31.9 Å². The molecule has 0 N–H and O–H groups in total. The lowest BCUT2D eigenvalue weighted by Crippen LogP contribution is -1.91. The molecule has 0 fully saturated rings. The molecule has 162 valence electrons. The number of hydrogen-bond acceptors (Lipinski definition) is 0. The van der Waals surface area contributed by atoms with Gasteiger partial charge in [0, 0.05) is 8.95 Å². The Morgan fingerprint density at radius 1 is 0.531 bits per heavy atom. The lowest BCUT2D eigenvalue weighted by atomic mass is 9.87. The molecule has 32 heavy (non-hydrogen) atoms. The smallest absolute Gasteiger partial charge is 0.0175 e. The predicted molar refractivity (Wildman–Crippen MR) is 146 cm³/mol. The molecule has 0 radical (unpaired) electrons. The summed E-state index contributed by atoms with van der Waals surface area (Å²) in [4.78, 5) is 0. The van der Waals surface area contributed by atoms with Crippen LogP contribution >= 0.6 is 31.9 Å². The summed E-state index contributed by atoms with van der Waals surface area (Å²) in [6.07, 6.45) is 6.38. The van der Waals surface area contributed by atoms with Crippen LogP contribution < -0.4 is 0 Å². The average Bonchev–Trinajstić information content (AvgIpc) is 2.83. The van der Waals surface area contributed by atoms with Gasteiger partial charge in [-0.05, 0) is 76.1 Å². The van der Waals surface area contributed by atoms with Crippen molar-refractivity contribution in [2.75, 3.05) is 0 Å². The first-order valence-electron chi connectivity index (χ1n) is 11.4. The summed E-state index contributed by atoms with van der Waals surface area (Å²) in [7, 11) is 0. The highest BCUT2D eigenvalue weighted by molar-refractivity contribution is 9.10. The molecular weight excluding hydrogens is 520 g/mol. The lowest BCUT2D eigenvalue weighted by Gasteiger charge is -2.17. The van der Waals surface area contributed by atoms with E-state index in [1.807, 2.05) is 0 Å². The van der Waals surface area contributed by atoms with E-state index >= 15 is 0 Å². The van der Waals surface area contributed by atoms with Gasteiger partial charge in [-0.15, -0.1) is 0 Å². The van der Waals surface area contributed by atoms with Crippen LogP contribution in [0.2, 0.25) is 0 Å². The van der Waals surface area contributed by atoms with E-state index in [4.69, 9.17) is 0 Å². The minimum absolute atomic E-state index is 1.09. The maximum Gasteiger partial charge on any atom is 0.0175 e. The van der Waals surface area contributed by atoms with Gasteiger partial charge >= 0.3 is 0 Å². The number of halogens is 2. The van der Waals surface area contributed by atoms with E-state index in [0.29, 0.717) is 0 Å². The van der Waals surface area contributed by atoms with Gasteiger partial charge in [0.05, 0.1) is 0 Å². The largest absolute Gasteiger partial charge is 0.0654 e. The number of rotatable bonds is 8. The Bertz CT molecular complexity index is 1140. The zero-order chi connectivity index (χ0) is 22.3. The Morgan fingerprint density at radius 3 is 1.56 bits per heavy atom. The molecule has 0 heterocycles. The number of aryl methyl sites for hydroxylation is 1. The van der Waals surface area contributed by atoms with Crippen LogP contribution in [0.5, 0.6) is 0 Å². The normalized spacial score (nSPS) is 11.0. The fraction of sp³-hybridized carbons (Fsp3) is 0.200. The standard InChI is InChI=1S/C30H28Br2/c1-2-3-4-5-7-22-10-12-23(13-11-22)28-8-6-9-29(24-14-18-26(31)19-15-24)30(28)25-16-20-27(32)21-17-25/h6,8-21H,2-5,7H2,1H3. The van der Waals surface area contributed by atoms with Crippen LogP contribution in [0.3, 0.4) is 0 Å². The van der Waals surface area contributed by atoms with E-state index in [0.717, 1.165) is 8.95 Å². The molecule has 0 aliphatic carbocycles. The van der Waals surface area contributed by atoms with E-state index in [-0.39, 0.29) is 0 Å². The highest BCUT2D eigenvalue weighted by Gasteiger charge is 2.14. The van der Waals surface area contributed by atoms with Crippen LogP contribution in [0, 0.1) is 0 Å². The van der Waals surface area contributed by atoms with Crippen molar-refractivity contribution < 1.29 is 0 Å². The minimum atomic E-state index is 1.09. The Balaban J connectivity index is 1.75. The quantitative estimate of drug-likeness (QED) is 0.192. The summed E-state index contributed by atoms with van der Waals surface area (Å²) in [5.74, 6) is 0. The van der Waals surface area contributed by atoms with E-state index in [1.165, 1.54) is 71.0 Å². The molecule has 0 saturated heterocycles. The molecule has 0 nitrogen and oxygen atoms in total. The minimum Gasteiger partial charge on any atom is -0.0654 e. The summed E-state index contributed by atoms with van der Waals surface area (Å²) >= 11 is 7.15. The number of hydrogen-bond donors (Lipinski definition) is 0. The Kier molecular flexibility index (Phi) is 8.00. The predicted octanol–water partition coefficient (Wildman–Crippen LogP) is 10.3. The first-order valence-corrected chi connectivity index (χ1v) is 13.0. The fourth-order valence-electron chi connectivity index (χ4n) is 4.20. The molecule has 0 aliphatic rings. The van der Waals surface area contributed by atoms with Crippen LogP contribution in [0.15, 0.2) is 99.9 Å². The highest BCUT2D eigenvalue weighted by atomic mass is 79.9. The van der Waals surface area contributed by atoms with Gasteiger partial charge in [-0.3, -0.25) is 0 Å². The molecule has 0 spiro atoms. The van der Waals surface area contributed by atoms with Crippen molar-refractivity contribution in [1.29, 1.82) is 0 Å². The SMILES string of the molecule is CCCCCCc1ccc(-c2cccc(-c3ccc(Br)cc3)c2-c2ccc(Br)cc2)cc1. The molecule has 0 amide bonds. The van der Waals surface area contributed by atoms with Gasteiger partial charge in [0.2, 0.25) is 0 Å². The van der Waals surface area contributed by atoms with Crippen molar-refractivity contribution in [3.63, 3.8) is 0 Å². The van der Waals surface area contributed by atoms with Crippen LogP contribution in [0.4, 0.5) is 0 Å². The average molecular weight is 548 g/mol. The third kappa shape index (κ3) is 5.60. The maximum atomic E-state index is 3.59. The maximum absolute atomic E-state index is 3.59. The molecular formula is C30H28Br2. The second-order valence-corrected chi connectivity index (χ2v) is 10.1. The van der Waals surface area contributed by atoms with Crippen molar-refractivity contribution in [2.45, 2.75) is 39.0 Å². The zero-order valence-corrected chi connectivity index (χ0v) is 21.6. The van der Waals surface area contributed by atoms with Crippen molar-refractivity contribution in [3.05, 3.63) is 106 Å². The van der Waals surface area contributed by atoms with Gasteiger partial charge in [0.1, 0.15) is 0 Å². The van der Waals surface area contributed by atoms with Gasteiger partial charge < -0.3 is 0 Å². The molecule has 2 heteroatoms. The van der Waals surface area contributed by atoms with Crippen LogP contribution in [-0.2, 0) is 6.42 Å². The number of benzene rings is 4. The summed E-state index contributed by atoms with van der Waals surface area (Å²) in [6.45, 7) is 2.26. The van der Waals surface area contributed by atoms with Gasteiger partial charge in [-0.2, -0.15) is 0 Å². The van der Waals surface area contributed by atoms with E-state index in [2.05, 4.69) is 130 Å². The second-order valence-electron chi connectivity index (χ2n) is 8.25. The molecule has 0 unspecified atom stereocenters. The molecule has 4 aromatic carbocycles. The summed E-state index contributed by atoms with van der Waals surface area (Å²) < 4.78 is 2.19. The Labute approximate surface area is 209 Å². The Hall–Kier alpha value is -2.16. The topological polar surface area (TPSA) is 0 Å². The highest BCUT2D eigenvalue weighted by Crippen LogP contribution is 2.40. The number of unbranched alkanes of at least 4 members (excludes halogenated alkanes) is 3. The third-order valence-electron chi connectivity index (χ3n) is 5.94. The summed E-state index contributed by atoms with van der Waals surface area (Å²) in [5, 5.41) is 0. The van der Waals surface area contributed by atoms with Gasteiger partial charge in [-0.1, -0.05) is 125 Å². The summed E-state index contributed by atoms with van der Waals surface area (Å²) in [6, 6.07) is 33.1. The molecule has 0 aromatic heterocycles. The van der Waals surface area contributed by atoms with E-state index in [1.54, 1.807) is 0 Å². The molecule has 0 bridgehead atoms. The Morgan fingerprint density at radius 2 is 1.03 bits per heavy atom. The van der Waals surface area contributed by atoms with E-state index in [9.17, 15) is 0 Å². The van der Waals surface area contributed by atoms with Crippen molar-refractivity contribution in [2.24, 2.45) is 0 Å². The first kappa shape index (κ1) is 23.0. The van der Waals surface area contributed by atoms with Gasteiger partial charge in [0.25, 0.3) is 0 Å². The monoisotopic (exact) mass is 546 g/mol. The molecule has 0 saturated carbocycles. The molecule has 4 rings (SSSR count). The van der Waals surface area contributed by atoms with Crippen LogP contribution in [-0.4, -0.2) is 0 Å². The van der Waals surface area contributed by atoms with Crippen LogP contribution in [0.1, 0.15) is 38.2 Å². The summed E-state index contributed by atoms with van der Waals surface area (Å²) in [5.41, 5.74) is 8.94. The fourth-order valence-corrected chi connectivity index (χ4v) is 4.73. The lowest BCUT2D eigenvalue weighted by molar-refractivity contribution is 0.667. The molecule has 4 aromatic rings. The van der Waals surface area contributed by atoms with Crippen LogP contribution in [0.25, 0.3) is 33.4 Å².